The summed E-state index contributed by atoms with van der Waals surface area (Å²) in [4.78, 5) is 52.4. The van der Waals surface area contributed by atoms with E-state index in [4.69, 9.17) is 18.9 Å². The van der Waals surface area contributed by atoms with Crippen molar-refractivity contribution in [2.75, 3.05) is 26.4 Å². The second kappa shape index (κ2) is 52.7. The maximum absolute atomic E-state index is 13.2. The zero-order valence-electron chi connectivity index (χ0n) is 48.7. The molecule has 0 spiro atoms. The number of unbranched alkanes of at least 4 members (excludes halogenated alkanes) is 24. The Kier molecular flexibility index (Phi) is 50.1. The first-order valence-electron chi connectivity index (χ1n) is 30.3. The van der Waals surface area contributed by atoms with Gasteiger partial charge in [-0.25, -0.2) is 0 Å². The van der Waals surface area contributed by atoms with Crippen molar-refractivity contribution in [1.29, 1.82) is 0 Å². The van der Waals surface area contributed by atoms with E-state index in [1.165, 1.54) is 77.0 Å². The smallest absolute Gasteiger partial charge is 0.307 e. The predicted molar refractivity (Wildman–Crippen MR) is 312 cm³/mol. The number of allylic oxidation sites excluding steroid dienone is 12. The highest BCUT2D eigenvalue weighted by atomic mass is 16.6. The quantitative estimate of drug-likeness (QED) is 0.0275. The Morgan fingerprint density at radius 1 is 0.338 bits per heavy atom. The van der Waals surface area contributed by atoms with Crippen LogP contribution >= 0.6 is 0 Å². The number of hydrogen-bond acceptors (Lipinski definition) is 9. The monoisotopic (exact) mass is 1040 g/mol. The minimum atomic E-state index is -1.25. The van der Waals surface area contributed by atoms with Crippen LogP contribution < -0.4 is 5.32 Å². The molecule has 0 amide bonds. The van der Waals surface area contributed by atoms with E-state index in [1.54, 1.807) is 0 Å². The van der Waals surface area contributed by atoms with Crippen LogP contribution in [0.3, 0.4) is 0 Å². The van der Waals surface area contributed by atoms with Crippen LogP contribution in [0, 0.1) is 0 Å². The summed E-state index contributed by atoms with van der Waals surface area (Å²) in [6.45, 7) is 11.7. The molecular formula is C65H113NO8. The lowest BCUT2D eigenvalue weighted by Gasteiger charge is -2.33. The molecule has 0 aromatic heterocycles. The highest BCUT2D eigenvalue weighted by Gasteiger charge is 2.36. The molecule has 426 valence electrons. The SMILES string of the molecule is CCCCC/C=C\C/C=C\CCCCCCCC(=O)OCC(COC(=O)CCCCCCC/C=C\C/C=C\CCCCC)(COC(=O)CCCCCCC/C=C\C/C=C\CCCCC)NCCC(=O)OC(C)(C)C. The summed E-state index contributed by atoms with van der Waals surface area (Å²) in [7, 11) is 0. The van der Waals surface area contributed by atoms with E-state index < -0.39 is 17.1 Å². The third-order valence-corrected chi connectivity index (χ3v) is 12.8. The average Bonchev–Trinajstić information content (AvgIpc) is 3.37. The fraction of sp³-hybridized carbons (Fsp3) is 0.754. The molecule has 0 aromatic carbocycles. The van der Waals surface area contributed by atoms with Gasteiger partial charge in [0.05, 0.1) is 6.42 Å². The van der Waals surface area contributed by atoms with Crippen molar-refractivity contribution in [2.24, 2.45) is 0 Å². The van der Waals surface area contributed by atoms with Crippen molar-refractivity contribution in [3.05, 3.63) is 72.9 Å². The van der Waals surface area contributed by atoms with Gasteiger partial charge in [0.15, 0.2) is 0 Å². The Bertz CT molecular complexity index is 1370. The first-order chi connectivity index (χ1) is 36.0. The van der Waals surface area contributed by atoms with Crippen LogP contribution in [0.2, 0.25) is 0 Å². The van der Waals surface area contributed by atoms with Crippen LogP contribution in [0.1, 0.15) is 279 Å². The van der Waals surface area contributed by atoms with Gasteiger partial charge in [-0.3, -0.25) is 19.2 Å². The summed E-state index contributed by atoms with van der Waals surface area (Å²) in [6.07, 6.45) is 63.9. The lowest BCUT2D eigenvalue weighted by atomic mass is 10.0. The van der Waals surface area contributed by atoms with Crippen molar-refractivity contribution >= 4 is 23.9 Å². The zero-order valence-corrected chi connectivity index (χ0v) is 48.7. The van der Waals surface area contributed by atoms with E-state index >= 15 is 0 Å². The van der Waals surface area contributed by atoms with Gasteiger partial charge in [-0.2, -0.15) is 0 Å². The Hall–Kier alpha value is -3.72. The van der Waals surface area contributed by atoms with Crippen LogP contribution in [0.4, 0.5) is 0 Å². The molecule has 9 nitrogen and oxygen atoms in total. The van der Waals surface area contributed by atoms with Crippen LogP contribution in [0.5, 0.6) is 0 Å². The fourth-order valence-electron chi connectivity index (χ4n) is 8.22. The van der Waals surface area contributed by atoms with Crippen LogP contribution in [-0.2, 0) is 38.1 Å². The third-order valence-electron chi connectivity index (χ3n) is 12.8. The lowest BCUT2D eigenvalue weighted by Crippen LogP contribution is -2.58. The largest absolute Gasteiger partial charge is 0.463 e. The van der Waals surface area contributed by atoms with Crippen LogP contribution in [-0.4, -0.2) is 61.4 Å². The third kappa shape index (κ3) is 51.8. The highest BCUT2D eigenvalue weighted by molar-refractivity contribution is 5.71. The predicted octanol–water partition coefficient (Wildman–Crippen LogP) is 18.1. The molecule has 0 saturated heterocycles. The zero-order chi connectivity index (χ0) is 54.3. The van der Waals surface area contributed by atoms with Crippen LogP contribution in [0.25, 0.3) is 0 Å². The molecule has 0 fully saturated rings. The Morgan fingerprint density at radius 2 is 0.608 bits per heavy atom. The van der Waals surface area contributed by atoms with E-state index in [2.05, 4.69) is 99.0 Å². The fourth-order valence-corrected chi connectivity index (χ4v) is 8.22. The summed E-state index contributed by atoms with van der Waals surface area (Å²) in [6, 6.07) is 0. The normalized spacial score (nSPS) is 12.5. The molecule has 1 N–H and O–H groups in total. The van der Waals surface area contributed by atoms with Gasteiger partial charge >= 0.3 is 23.9 Å². The summed E-state index contributed by atoms with van der Waals surface area (Å²) >= 11 is 0. The van der Waals surface area contributed by atoms with Crippen molar-refractivity contribution in [3.8, 4) is 0 Å². The molecule has 0 aliphatic heterocycles. The number of ether oxygens (including phenoxy) is 4. The van der Waals surface area contributed by atoms with Crippen LogP contribution in [0.15, 0.2) is 72.9 Å². The summed E-state index contributed by atoms with van der Waals surface area (Å²) in [5, 5.41) is 3.32. The lowest BCUT2D eigenvalue weighted by molar-refractivity contribution is -0.160. The molecule has 74 heavy (non-hydrogen) atoms. The maximum atomic E-state index is 13.2. The Labute approximate surface area is 455 Å². The van der Waals surface area contributed by atoms with Gasteiger partial charge in [-0.15, -0.1) is 0 Å². The van der Waals surface area contributed by atoms with Gasteiger partial charge in [0.2, 0.25) is 0 Å². The standard InChI is InChI=1S/C65H113NO8/c1-7-10-13-16-19-22-25-28-31-34-37-40-43-46-49-52-60(67)71-57-65(66-56-55-63(70)74-64(4,5)6,58-72-61(68)53-50-47-44-41-38-35-32-29-26-23-20-17-14-11-8-2)59-73-62(69)54-51-48-45-42-39-36-33-30-27-24-21-18-15-12-9-3/h19-24,28-33,66H,7-18,25-27,34-59H2,1-6H3/b22-19-,23-20-,24-21-,31-28-,32-29-,33-30-. The van der Waals surface area contributed by atoms with E-state index in [0.29, 0.717) is 19.3 Å². The molecule has 0 saturated carbocycles. The Morgan fingerprint density at radius 3 is 0.892 bits per heavy atom. The van der Waals surface area contributed by atoms with Gasteiger partial charge < -0.3 is 24.3 Å². The molecule has 9 heteroatoms. The number of carbonyl (C=O) groups excluding carboxylic acids is 4. The highest BCUT2D eigenvalue weighted by Crippen LogP contribution is 2.17. The first kappa shape index (κ1) is 70.3. The molecular weight excluding hydrogens is 923 g/mol. The Balaban J connectivity index is 5.36. The van der Waals surface area contributed by atoms with E-state index in [-0.39, 0.29) is 70.0 Å². The molecule has 0 heterocycles. The number of nitrogens with one attached hydrogen (secondary N) is 1. The van der Waals surface area contributed by atoms with Crippen molar-refractivity contribution in [3.63, 3.8) is 0 Å². The van der Waals surface area contributed by atoms with E-state index in [9.17, 15) is 19.2 Å². The second-order valence-electron chi connectivity index (χ2n) is 21.5. The molecule has 0 unspecified atom stereocenters. The van der Waals surface area contributed by atoms with Gasteiger partial charge in [0, 0.05) is 25.8 Å². The summed E-state index contributed by atoms with van der Waals surface area (Å²) in [5.74, 6) is -1.47. The van der Waals surface area contributed by atoms with Gasteiger partial charge in [0.1, 0.15) is 31.0 Å². The number of esters is 4. The number of hydrogen-bond donors (Lipinski definition) is 1. The van der Waals surface area contributed by atoms with Gasteiger partial charge in [0.25, 0.3) is 0 Å². The first-order valence-corrected chi connectivity index (χ1v) is 30.3. The topological polar surface area (TPSA) is 117 Å². The van der Waals surface area contributed by atoms with Crippen molar-refractivity contribution < 1.29 is 38.1 Å². The van der Waals surface area contributed by atoms with E-state index in [0.717, 1.165) is 116 Å². The minimum Gasteiger partial charge on any atom is -0.463 e. The van der Waals surface area contributed by atoms with E-state index in [1.807, 2.05) is 20.8 Å². The number of rotatable bonds is 52. The van der Waals surface area contributed by atoms with Gasteiger partial charge in [-0.05, 0) is 136 Å². The van der Waals surface area contributed by atoms with Crippen molar-refractivity contribution in [2.45, 2.75) is 290 Å². The van der Waals surface area contributed by atoms with Gasteiger partial charge in [-0.1, -0.05) is 190 Å². The molecule has 0 atom stereocenters. The van der Waals surface area contributed by atoms with Crippen molar-refractivity contribution in [1.82, 2.24) is 5.32 Å². The second-order valence-corrected chi connectivity index (χ2v) is 21.5. The minimum absolute atomic E-state index is 0.0265. The summed E-state index contributed by atoms with van der Waals surface area (Å²) < 4.78 is 23.2. The summed E-state index contributed by atoms with van der Waals surface area (Å²) in [5.41, 5.74) is -1.90. The molecule has 0 radical (unpaired) electrons. The molecule has 0 aliphatic rings. The molecule has 0 aliphatic carbocycles. The number of carbonyl (C=O) groups is 4. The maximum Gasteiger partial charge on any atom is 0.307 e. The molecule has 0 rings (SSSR count). The molecule has 0 aromatic rings. The molecule has 0 bridgehead atoms. The average molecular weight is 1040 g/mol.